The van der Waals surface area contributed by atoms with Crippen LogP contribution in [0, 0.1) is 0 Å². The average Bonchev–Trinajstić information content (AvgIpc) is 2.47. The maximum atomic E-state index is 2.60. The zero-order valence-electron chi connectivity index (χ0n) is 9.41. The lowest BCUT2D eigenvalue weighted by atomic mass is 10.2. The highest BCUT2D eigenvalue weighted by Crippen LogP contribution is 2.11. The van der Waals surface area contributed by atoms with Crippen molar-refractivity contribution < 1.29 is 0 Å². The Morgan fingerprint density at radius 2 is 1.36 bits per heavy atom. The van der Waals surface area contributed by atoms with Gasteiger partial charge in [0.15, 0.2) is 13.1 Å². The van der Waals surface area contributed by atoms with E-state index in [1.165, 1.54) is 65.0 Å². The first-order valence-electron chi connectivity index (χ1n) is 6.04. The minimum atomic E-state index is 1.23. The molecule has 81 valence electrons. The first-order chi connectivity index (χ1) is 6.86. The number of hydrogen-bond acceptors (Lipinski definition) is 3. The summed E-state index contributed by atoms with van der Waals surface area (Å²) < 4.78 is 0. The van der Waals surface area contributed by atoms with Gasteiger partial charge in [0.05, 0.1) is 26.2 Å². The third-order valence-corrected chi connectivity index (χ3v) is 3.46. The zero-order valence-corrected chi connectivity index (χ0v) is 9.41. The standard InChI is InChI=1S/C11H23N3/c1-12-8-10-14(11-9-12)13-6-4-2-3-5-7-13/h2-11H2,1H3/q+1. The minimum Gasteiger partial charge on any atom is -0.295 e. The second-order valence-corrected chi connectivity index (χ2v) is 4.62. The van der Waals surface area contributed by atoms with E-state index in [0.29, 0.717) is 0 Å². The van der Waals surface area contributed by atoms with Crippen LogP contribution in [0.25, 0.3) is 0 Å². The second kappa shape index (κ2) is 5.10. The first-order valence-corrected chi connectivity index (χ1v) is 6.04. The second-order valence-electron chi connectivity index (χ2n) is 4.62. The van der Waals surface area contributed by atoms with Crippen molar-refractivity contribution in [3.05, 3.63) is 0 Å². The van der Waals surface area contributed by atoms with Crippen LogP contribution < -0.4 is 5.01 Å². The fourth-order valence-electron chi connectivity index (χ4n) is 2.42. The predicted molar refractivity (Wildman–Crippen MR) is 59.4 cm³/mol. The molecule has 0 aliphatic carbocycles. The Balaban J connectivity index is 1.81. The van der Waals surface area contributed by atoms with Crippen LogP contribution in [0.4, 0.5) is 0 Å². The van der Waals surface area contributed by atoms with Gasteiger partial charge < -0.3 is 0 Å². The van der Waals surface area contributed by atoms with Crippen molar-refractivity contribution in [2.24, 2.45) is 0 Å². The minimum absolute atomic E-state index is 1.23. The third-order valence-electron chi connectivity index (χ3n) is 3.46. The molecule has 0 unspecified atom stereocenters. The Bertz CT molecular complexity index is 156. The Labute approximate surface area is 87.6 Å². The van der Waals surface area contributed by atoms with Crippen LogP contribution in [0.3, 0.4) is 0 Å². The molecule has 14 heavy (non-hydrogen) atoms. The molecule has 0 bridgehead atoms. The Morgan fingerprint density at radius 1 is 0.786 bits per heavy atom. The zero-order chi connectivity index (χ0) is 9.80. The first kappa shape index (κ1) is 10.4. The Morgan fingerprint density at radius 3 is 1.93 bits per heavy atom. The van der Waals surface area contributed by atoms with Crippen LogP contribution in [-0.4, -0.2) is 56.2 Å². The van der Waals surface area contributed by atoms with E-state index in [1.807, 2.05) is 0 Å². The molecule has 0 atom stereocenters. The van der Waals surface area contributed by atoms with E-state index >= 15 is 0 Å². The summed E-state index contributed by atoms with van der Waals surface area (Å²) >= 11 is 0. The van der Waals surface area contributed by atoms with E-state index < -0.39 is 0 Å². The van der Waals surface area contributed by atoms with Gasteiger partial charge in [-0.05, 0) is 19.9 Å². The normalized spacial score (nSPS) is 28.9. The molecule has 2 aliphatic rings. The molecular formula is C11H23N3+. The van der Waals surface area contributed by atoms with E-state index in [-0.39, 0.29) is 0 Å². The topological polar surface area (TPSA) is 12.4 Å². The fourth-order valence-corrected chi connectivity index (χ4v) is 2.42. The highest BCUT2D eigenvalue weighted by molar-refractivity contribution is 4.74. The van der Waals surface area contributed by atoms with Crippen LogP contribution in [0.15, 0.2) is 0 Å². The van der Waals surface area contributed by atoms with Gasteiger partial charge in [0.1, 0.15) is 0 Å². The van der Waals surface area contributed by atoms with Gasteiger partial charge in [-0.1, -0.05) is 17.9 Å². The predicted octanol–water partition coefficient (Wildman–Crippen LogP) is 0.863. The van der Waals surface area contributed by atoms with Crippen molar-refractivity contribution >= 4 is 0 Å². The van der Waals surface area contributed by atoms with E-state index in [2.05, 4.69) is 22.0 Å². The molecule has 2 saturated heterocycles. The molecule has 0 amide bonds. The summed E-state index contributed by atoms with van der Waals surface area (Å²) in [4.78, 5) is 2.42. The van der Waals surface area contributed by atoms with Crippen LogP contribution in [0.1, 0.15) is 25.7 Å². The van der Waals surface area contributed by atoms with Gasteiger partial charge in [-0.25, -0.2) is 0 Å². The summed E-state index contributed by atoms with van der Waals surface area (Å²) in [7, 11) is 2.22. The molecule has 3 nitrogen and oxygen atoms in total. The molecule has 2 fully saturated rings. The molecule has 2 rings (SSSR count). The highest BCUT2D eigenvalue weighted by atomic mass is 15.6. The average molecular weight is 197 g/mol. The summed E-state index contributed by atoms with van der Waals surface area (Å²) in [5, 5.41) is 5.17. The fraction of sp³-hybridized carbons (Fsp3) is 1.00. The number of nitrogens with zero attached hydrogens (tertiary/aromatic N) is 3. The highest BCUT2D eigenvalue weighted by Gasteiger charge is 2.29. The van der Waals surface area contributed by atoms with Gasteiger partial charge in [0.2, 0.25) is 0 Å². The molecule has 0 aromatic rings. The SMILES string of the molecule is CN1CC[N+](N2CCCCCC2)CC1. The molecule has 0 N–H and O–H groups in total. The number of rotatable bonds is 1. The number of likely N-dealkylation sites (N-methyl/N-ethyl adjacent to an activating group) is 1. The number of hydrogen-bond donors (Lipinski definition) is 0. The lowest BCUT2D eigenvalue weighted by Gasteiger charge is -2.30. The largest absolute Gasteiger partial charge is 0.295 e. The molecule has 0 saturated carbocycles. The summed E-state index contributed by atoms with van der Waals surface area (Å²) in [5.41, 5.74) is 0. The third kappa shape index (κ3) is 2.69. The number of piperazine rings is 1. The molecule has 3 heteroatoms. The van der Waals surface area contributed by atoms with E-state index in [9.17, 15) is 0 Å². The maximum absolute atomic E-state index is 2.60. The van der Waals surface area contributed by atoms with Crippen molar-refractivity contribution in [1.29, 1.82) is 0 Å². The van der Waals surface area contributed by atoms with Crippen LogP contribution in [-0.2, 0) is 0 Å². The van der Waals surface area contributed by atoms with E-state index in [0.717, 1.165) is 0 Å². The summed E-state index contributed by atoms with van der Waals surface area (Å²) in [5.74, 6) is 0. The van der Waals surface area contributed by atoms with Crippen molar-refractivity contribution in [3.8, 4) is 0 Å². The van der Waals surface area contributed by atoms with Crippen molar-refractivity contribution in [1.82, 2.24) is 14.9 Å². The van der Waals surface area contributed by atoms with Gasteiger partial charge in [0, 0.05) is 0 Å². The van der Waals surface area contributed by atoms with Crippen LogP contribution in [0.5, 0.6) is 0 Å². The quantitative estimate of drug-likeness (QED) is 0.578. The smallest absolute Gasteiger partial charge is 0.157 e. The molecule has 2 heterocycles. The molecular weight excluding hydrogens is 174 g/mol. The van der Waals surface area contributed by atoms with Crippen LogP contribution >= 0.6 is 0 Å². The van der Waals surface area contributed by atoms with Gasteiger partial charge >= 0.3 is 0 Å². The van der Waals surface area contributed by atoms with E-state index in [4.69, 9.17) is 0 Å². The molecule has 0 aromatic heterocycles. The van der Waals surface area contributed by atoms with Crippen molar-refractivity contribution in [3.63, 3.8) is 0 Å². The van der Waals surface area contributed by atoms with Crippen molar-refractivity contribution in [2.45, 2.75) is 25.7 Å². The summed E-state index contributed by atoms with van der Waals surface area (Å²) in [6, 6.07) is 0. The van der Waals surface area contributed by atoms with E-state index in [1.54, 1.807) is 0 Å². The summed E-state index contributed by atoms with van der Waals surface area (Å²) in [6.07, 6.45) is 5.66. The summed E-state index contributed by atoms with van der Waals surface area (Å²) in [6.45, 7) is 7.52. The van der Waals surface area contributed by atoms with Gasteiger partial charge in [-0.15, -0.1) is 5.01 Å². The van der Waals surface area contributed by atoms with Gasteiger partial charge in [0.25, 0.3) is 0 Å². The Kier molecular flexibility index (Phi) is 3.79. The monoisotopic (exact) mass is 197 g/mol. The molecule has 2 aliphatic heterocycles. The molecule has 0 spiro atoms. The lowest BCUT2D eigenvalue weighted by Crippen LogP contribution is -2.57. The lowest BCUT2D eigenvalue weighted by molar-refractivity contribution is 0.0341. The maximum Gasteiger partial charge on any atom is 0.157 e. The van der Waals surface area contributed by atoms with Crippen molar-refractivity contribution in [2.75, 3.05) is 46.3 Å². The number of hydrazine groups is 1. The van der Waals surface area contributed by atoms with Gasteiger partial charge in [-0.3, -0.25) is 4.90 Å². The Hall–Kier alpha value is -0.120. The molecule has 0 aromatic carbocycles. The molecule has 1 radical (unpaired) electrons. The van der Waals surface area contributed by atoms with Gasteiger partial charge in [-0.2, -0.15) is 0 Å². The van der Waals surface area contributed by atoms with Crippen LogP contribution in [0.2, 0.25) is 0 Å².